The number of urea groups is 1. The fourth-order valence-electron chi connectivity index (χ4n) is 4.18. The van der Waals surface area contributed by atoms with Crippen LogP contribution in [-0.2, 0) is 9.59 Å². The lowest BCUT2D eigenvalue weighted by atomic mass is 9.85. The lowest BCUT2D eigenvalue weighted by molar-refractivity contribution is -0.132. The lowest BCUT2D eigenvalue weighted by Gasteiger charge is -2.41. The molecular formula is C21H26F2N6O3. The molecule has 0 spiro atoms. The molecule has 2 atom stereocenters. The van der Waals surface area contributed by atoms with Gasteiger partial charge in [0.25, 0.3) is 5.91 Å². The fourth-order valence-corrected chi connectivity index (χ4v) is 4.18. The highest BCUT2D eigenvalue weighted by atomic mass is 19.1. The highest BCUT2D eigenvalue weighted by Crippen LogP contribution is 2.27. The molecule has 0 radical (unpaired) electrons. The van der Waals surface area contributed by atoms with Crippen molar-refractivity contribution in [1.29, 1.82) is 5.41 Å². The number of hydrogen-bond donors (Lipinski definition) is 4. The van der Waals surface area contributed by atoms with Crippen LogP contribution in [0.25, 0.3) is 0 Å². The van der Waals surface area contributed by atoms with Crippen LogP contribution < -0.4 is 20.9 Å². The number of nitrogens with one attached hydrogen (secondary N) is 4. The van der Waals surface area contributed by atoms with Gasteiger partial charge < -0.3 is 25.8 Å². The Morgan fingerprint density at radius 1 is 1.28 bits per heavy atom. The summed E-state index contributed by atoms with van der Waals surface area (Å²) >= 11 is 0. The summed E-state index contributed by atoms with van der Waals surface area (Å²) in [4.78, 5) is 40.7. The molecule has 2 aliphatic heterocycles. The lowest BCUT2D eigenvalue weighted by Crippen LogP contribution is -2.55. The second kappa shape index (κ2) is 9.33. The van der Waals surface area contributed by atoms with Gasteiger partial charge in [-0.1, -0.05) is 0 Å². The number of piperazine rings is 1. The maximum atomic E-state index is 13.6. The van der Waals surface area contributed by atoms with Crippen molar-refractivity contribution >= 4 is 29.7 Å². The summed E-state index contributed by atoms with van der Waals surface area (Å²) in [6.45, 7) is 2.93. The van der Waals surface area contributed by atoms with E-state index in [4.69, 9.17) is 5.41 Å². The minimum Gasteiger partial charge on any atom is -0.394 e. The molecule has 11 heteroatoms. The predicted octanol–water partition coefficient (Wildman–Crippen LogP) is 1.11. The smallest absolute Gasteiger partial charge is 0.322 e. The third kappa shape index (κ3) is 4.56. The summed E-state index contributed by atoms with van der Waals surface area (Å²) in [5, 5.41) is 15.1. The van der Waals surface area contributed by atoms with Gasteiger partial charge in [0.1, 0.15) is 17.2 Å². The number of nitrogens with zero attached hydrogens (tertiary/aromatic N) is 2. The highest BCUT2D eigenvalue weighted by Gasteiger charge is 2.48. The molecule has 0 bridgehead atoms. The molecule has 4 amide bonds. The van der Waals surface area contributed by atoms with Crippen molar-refractivity contribution in [2.45, 2.75) is 31.3 Å². The van der Waals surface area contributed by atoms with Crippen molar-refractivity contribution < 1.29 is 23.2 Å². The Morgan fingerprint density at radius 2 is 1.97 bits per heavy atom. The monoisotopic (exact) mass is 448 g/mol. The second-order valence-corrected chi connectivity index (χ2v) is 7.86. The molecule has 0 aromatic heterocycles. The molecular weight excluding hydrogens is 422 g/mol. The van der Waals surface area contributed by atoms with Gasteiger partial charge in [-0.3, -0.25) is 14.9 Å². The maximum absolute atomic E-state index is 13.6. The van der Waals surface area contributed by atoms with Crippen LogP contribution in [0.1, 0.15) is 19.8 Å². The van der Waals surface area contributed by atoms with Crippen LogP contribution in [0.2, 0.25) is 0 Å². The van der Waals surface area contributed by atoms with Gasteiger partial charge in [-0.05, 0) is 25.5 Å². The van der Waals surface area contributed by atoms with Gasteiger partial charge in [0.05, 0.1) is 0 Å². The summed E-state index contributed by atoms with van der Waals surface area (Å²) in [7, 11) is 1.60. The van der Waals surface area contributed by atoms with Gasteiger partial charge in [0.15, 0.2) is 0 Å². The highest BCUT2D eigenvalue weighted by molar-refractivity contribution is 6.12. The van der Waals surface area contributed by atoms with E-state index in [1.54, 1.807) is 11.9 Å². The molecule has 2 fully saturated rings. The number of rotatable bonds is 7. The molecule has 2 saturated heterocycles. The summed E-state index contributed by atoms with van der Waals surface area (Å²) in [5.74, 6) is -2.16. The zero-order valence-corrected chi connectivity index (χ0v) is 17.9. The minimum atomic E-state index is -1.51. The predicted molar refractivity (Wildman–Crippen MR) is 114 cm³/mol. The normalized spacial score (nSPS) is 23.6. The Morgan fingerprint density at radius 3 is 2.50 bits per heavy atom. The number of imide groups is 1. The maximum Gasteiger partial charge on any atom is 0.322 e. The molecule has 1 aromatic carbocycles. The van der Waals surface area contributed by atoms with Gasteiger partial charge in [-0.2, -0.15) is 0 Å². The van der Waals surface area contributed by atoms with Gasteiger partial charge >= 0.3 is 6.03 Å². The SMILES string of the molecule is CN/C=C(\C=N)C1(CCC(=O)N2CCN(c3cc(F)cc(F)c3)[C@@H](C)C2)NC(=O)NC1=O. The Labute approximate surface area is 184 Å². The summed E-state index contributed by atoms with van der Waals surface area (Å²) in [6.07, 6.45) is 2.34. The van der Waals surface area contributed by atoms with Crippen molar-refractivity contribution in [2.75, 3.05) is 31.6 Å². The van der Waals surface area contributed by atoms with Crippen LogP contribution >= 0.6 is 0 Å². The number of hydrogen-bond acceptors (Lipinski definition) is 6. The third-order valence-corrected chi connectivity index (χ3v) is 5.76. The average molecular weight is 448 g/mol. The first kappa shape index (κ1) is 23.2. The zero-order chi connectivity index (χ0) is 23.5. The topological polar surface area (TPSA) is 118 Å². The van der Waals surface area contributed by atoms with Gasteiger partial charge in [0, 0.05) is 68.9 Å². The Bertz CT molecular complexity index is 949. The number of carbonyl (C=O) groups is 3. The van der Waals surface area contributed by atoms with Crippen molar-refractivity contribution in [2.24, 2.45) is 0 Å². The van der Waals surface area contributed by atoms with E-state index in [9.17, 15) is 23.2 Å². The van der Waals surface area contributed by atoms with Crippen molar-refractivity contribution in [3.8, 4) is 0 Å². The first-order valence-corrected chi connectivity index (χ1v) is 10.2. The van der Waals surface area contributed by atoms with Gasteiger partial charge in [-0.25, -0.2) is 13.6 Å². The number of carbonyl (C=O) groups excluding carboxylic acids is 3. The van der Waals surface area contributed by atoms with Crippen LogP contribution in [0.3, 0.4) is 0 Å². The van der Waals surface area contributed by atoms with Crippen LogP contribution in [0.5, 0.6) is 0 Å². The molecule has 2 aliphatic rings. The second-order valence-electron chi connectivity index (χ2n) is 7.86. The molecule has 1 unspecified atom stereocenters. The average Bonchev–Trinajstić information content (AvgIpc) is 3.03. The molecule has 1 aromatic rings. The molecule has 0 aliphatic carbocycles. The van der Waals surface area contributed by atoms with E-state index >= 15 is 0 Å². The fraction of sp³-hybridized carbons (Fsp3) is 0.429. The van der Waals surface area contributed by atoms with E-state index in [2.05, 4.69) is 16.0 Å². The number of benzene rings is 1. The molecule has 2 heterocycles. The molecule has 0 saturated carbocycles. The van der Waals surface area contributed by atoms with E-state index in [0.29, 0.717) is 25.3 Å². The van der Waals surface area contributed by atoms with Gasteiger partial charge in [-0.15, -0.1) is 0 Å². The minimum absolute atomic E-state index is 0.0179. The molecule has 172 valence electrons. The quantitative estimate of drug-likeness (QED) is 0.368. The number of anilines is 1. The van der Waals surface area contributed by atoms with Crippen LogP contribution in [0, 0.1) is 17.0 Å². The largest absolute Gasteiger partial charge is 0.394 e. The Hall–Kier alpha value is -3.50. The van der Waals surface area contributed by atoms with E-state index in [1.807, 2.05) is 11.8 Å². The van der Waals surface area contributed by atoms with E-state index in [1.165, 1.54) is 18.3 Å². The van der Waals surface area contributed by atoms with Crippen LogP contribution in [0.4, 0.5) is 19.3 Å². The molecule has 9 nitrogen and oxygen atoms in total. The standard InChI is InChI=1S/C21H26F2N6O3/c1-13-12-28(5-6-29(13)17-8-15(22)7-16(23)9-17)18(30)3-4-21(14(10-24)11-25-2)19(31)26-20(32)27-21/h7-11,13,24-25H,3-6,12H2,1-2H3,(H2,26,27,31,32)/b14-11+,24-10?/t13-,21?/m0/s1. The molecule has 32 heavy (non-hydrogen) atoms. The number of halogens is 2. The van der Waals surface area contributed by atoms with Crippen molar-refractivity contribution in [3.05, 3.63) is 41.6 Å². The molecule has 3 rings (SSSR count). The van der Waals surface area contributed by atoms with Gasteiger partial charge in [0.2, 0.25) is 5.91 Å². The molecule has 4 N–H and O–H groups in total. The first-order valence-electron chi connectivity index (χ1n) is 10.2. The Kier molecular flexibility index (Phi) is 6.75. The van der Waals surface area contributed by atoms with Crippen LogP contribution in [-0.4, -0.2) is 67.2 Å². The van der Waals surface area contributed by atoms with E-state index in [-0.39, 0.29) is 30.4 Å². The number of amides is 4. The summed E-state index contributed by atoms with van der Waals surface area (Å²) in [5.41, 5.74) is -0.869. The van der Waals surface area contributed by atoms with Crippen LogP contribution in [0.15, 0.2) is 30.0 Å². The van der Waals surface area contributed by atoms with E-state index < -0.39 is 29.1 Å². The van der Waals surface area contributed by atoms with Crippen molar-refractivity contribution in [1.82, 2.24) is 20.9 Å². The zero-order valence-electron chi connectivity index (χ0n) is 17.9. The summed E-state index contributed by atoms with van der Waals surface area (Å²) in [6, 6.07) is 2.46. The first-order chi connectivity index (χ1) is 15.2. The van der Waals surface area contributed by atoms with E-state index in [0.717, 1.165) is 12.3 Å². The Balaban J connectivity index is 1.68. The van der Waals surface area contributed by atoms with Crippen molar-refractivity contribution in [3.63, 3.8) is 0 Å². The third-order valence-electron chi connectivity index (χ3n) is 5.76. The summed E-state index contributed by atoms with van der Waals surface area (Å²) < 4.78 is 27.2.